The lowest BCUT2D eigenvalue weighted by Gasteiger charge is -2.31. The molecule has 0 atom stereocenters. The van der Waals surface area contributed by atoms with Crippen molar-refractivity contribution in [3.8, 4) is 11.3 Å². The van der Waals surface area contributed by atoms with Gasteiger partial charge in [0.25, 0.3) is 0 Å². The highest BCUT2D eigenvalue weighted by molar-refractivity contribution is 5.89. The number of nitrogens with one attached hydrogen (secondary N) is 1. The lowest BCUT2D eigenvalue weighted by molar-refractivity contribution is 0.346. The van der Waals surface area contributed by atoms with Gasteiger partial charge in [-0.25, -0.2) is 9.50 Å². The van der Waals surface area contributed by atoms with Gasteiger partial charge in [0, 0.05) is 35.0 Å². The van der Waals surface area contributed by atoms with Crippen LogP contribution in [0.4, 0.5) is 0 Å². The lowest BCUT2D eigenvalue weighted by Crippen LogP contribution is -2.35. The van der Waals surface area contributed by atoms with Gasteiger partial charge >= 0.3 is 0 Å². The Morgan fingerprint density at radius 3 is 2.68 bits per heavy atom. The minimum absolute atomic E-state index is 0.328. The molecule has 0 radical (unpaired) electrons. The van der Waals surface area contributed by atoms with E-state index in [2.05, 4.69) is 61.1 Å². The number of aromatic nitrogens is 5. The number of H-pyrrole nitrogens is 1. The van der Waals surface area contributed by atoms with E-state index in [1.807, 2.05) is 4.52 Å². The predicted molar refractivity (Wildman–Crippen MR) is 112 cm³/mol. The molecule has 6 nitrogen and oxygen atoms in total. The van der Waals surface area contributed by atoms with E-state index in [1.54, 1.807) is 6.33 Å². The van der Waals surface area contributed by atoms with Crippen LogP contribution >= 0.6 is 0 Å². The van der Waals surface area contributed by atoms with E-state index in [-0.39, 0.29) is 0 Å². The van der Waals surface area contributed by atoms with Gasteiger partial charge in [-0.2, -0.15) is 5.10 Å². The number of aromatic amines is 1. The van der Waals surface area contributed by atoms with Crippen molar-refractivity contribution in [2.45, 2.75) is 58.4 Å². The van der Waals surface area contributed by atoms with Crippen LogP contribution in [-0.2, 0) is 0 Å². The van der Waals surface area contributed by atoms with Crippen molar-refractivity contribution in [2.75, 3.05) is 0 Å². The van der Waals surface area contributed by atoms with Crippen molar-refractivity contribution in [3.05, 3.63) is 47.0 Å². The first-order valence-electron chi connectivity index (χ1n) is 10.0. The largest absolute Gasteiger partial charge is 0.353 e. The molecule has 4 heterocycles. The molecule has 1 aliphatic carbocycles. The monoisotopic (exact) mass is 374 g/mol. The molecule has 144 valence electrons. The molecule has 1 aliphatic rings. The van der Waals surface area contributed by atoms with Crippen molar-refractivity contribution in [1.29, 1.82) is 0 Å². The van der Waals surface area contributed by atoms with E-state index in [0.29, 0.717) is 17.9 Å². The highest BCUT2D eigenvalue weighted by atomic mass is 15.3. The summed E-state index contributed by atoms with van der Waals surface area (Å²) in [5.74, 6) is 0.842. The maximum atomic E-state index is 6.00. The van der Waals surface area contributed by atoms with Gasteiger partial charge in [-0.1, -0.05) is 13.8 Å². The molecule has 0 amide bonds. The second kappa shape index (κ2) is 6.14. The standard InChI is InChI=1S/C22H26N6/c1-11(2)19-20(16-9-28-22(24-10-25-28)13(4)12(16)3)27-18-6-5-17(26-21(18)19)14-7-15(23)8-14/h5-6,9-11,14-15,27H,7-8,23H2,1-4H3. The fourth-order valence-electron chi connectivity index (χ4n) is 4.46. The number of nitrogens with two attached hydrogens (primary N) is 1. The van der Waals surface area contributed by atoms with Crippen LogP contribution in [0.5, 0.6) is 0 Å². The zero-order valence-electron chi connectivity index (χ0n) is 16.8. The molecule has 0 unspecified atom stereocenters. The van der Waals surface area contributed by atoms with E-state index < -0.39 is 0 Å². The fourth-order valence-corrected chi connectivity index (χ4v) is 4.46. The number of rotatable bonds is 3. The molecule has 1 saturated carbocycles. The third kappa shape index (κ3) is 2.48. The van der Waals surface area contributed by atoms with Gasteiger partial charge in [-0.15, -0.1) is 0 Å². The molecule has 6 heteroatoms. The summed E-state index contributed by atoms with van der Waals surface area (Å²) in [6, 6.07) is 4.66. The molecule has 5 rings (SSSR count). The average molecular weight is 374 g/mol. The SMILES string of the molecule is Cc1c(-c2[nH]c3ccc(C4CC(N)C4)nc3c2C(C)C)cn2ncnc2c1C. The Labute approximate surface area is 164 Å². The van der Waals surface area contributed by atoms with E-state index in [0.717, 1.165) is 46.3 Å². The Morgan fingerprint density at radius 1 is 1.18 bits per heavy atom. The quantitative estimate of drug-likeness (QED) is 0.562. The molecule has 0 aliphatic heterocycles. The molecular weight excluding hydrogens is 348 g/mol. The third-order valence-electron chi connectivity index (χ3n) is 6.27. The fraction of sp³-hybridized carbons (Fsp3) is 0.409. The number of fused-ring (bicyclic) bond motifs is 2. The van der Waals surface area contributed by atoms with Crippen LogP contribution in [0.25, 0.3) is 27.9 Å². The van der Waals surface area contributed by atoms with Crippen LogP contribution in [0.15, 0.2) is 24.7 Å². The van der Waals surface area contributed by atoms with Crippen LogP contribution in [-0.4, -0.2) is 30.6 Å². The highest BCUT2D eigenvalue weighted by Crippen LogP contribution is 2.40. The minimum atomic E-state index is 0.328. The molecule has 4 aromatic heterocycles. The highest BCUT2D eigenvalue weighted by Gasteiger charge is 2.29. The first-order valence-corrected chi connectivity index (χ1v) is 10.0. The molecule has 0 aromatic carbocycles. The predicted octanol–water partition coefficient (Wildman–Crippen LogP) is 4.22. The van der Waals surface area contributed by atoms with E-state index in [4.69, 9.17) is 10.7 Å². The lowest BCUT2D eigenvalue weighted by atomic mass is 9.78. The molecule has 0 saturated heterocycles. The maximum absolute atomic E-state index is 6.00. The summed E-state index contributed by atoms with van der Waals surface area (Å²) in [4.78, 5) is 13.1. The zero-order valence-corrected chi connectivity index (χ0v) is 16.8. The zero-order chi connectivity index (χ0) is 19.6. The van der Waals surface area contributed by atoms with Gasteiger partial charge in [0.1, 0.15) is 6.33 Å². The molecule has 0 spiro atoms. The van der Waals surface area contributed by atoms with Crippen LogP contribution in [0.1, 0.15) is 60.9 Å². The topological polar surface area (TPSA) is 84.9 Å². The second-order valence-electron chi connectivity index (χ2n) is 8.45. The molecule has 1 fully saturated rings. The first-order chi connectivity index (χ1) is 13.4. The van der Waals surface area contributed by atoms with Gasteiger partial charge in [-0.3, -0.25) is 4.98 Å². The third-order valence-corrected chi connectivity index (χ3v) is 6.27. The van der Waals surface area contributed by atoms with Crippen LogP contribution in [0, 0.1) is 13.8 Å². The van der Waals surface area contributed by atoms with Crippen molar-refractivity contribution in [2.24, 2.45) is 5.73 Å². The van der Waals surface area contributed by atoms with Gasteiger partial charge in [-0.05, 0) is 55.9 Å². The summed E-state index contributed by atoms with van der Waals surface area (Å²) in [6.45, 7) is 8.73. The number of nitrogens with zero attached hydrogens (tertiary/aromatic N) is 4. The Balaban J connectivity index is 1.73. The van der Waals surface area contributed by atoms with Crippen molar-refractivity contribution in [3.63, 3.8) is 0 Å². The maximum Gasteiger partial charge on any atom is 0.158 e. The van der Waals surface area contributed by atoms with Gasteiger partial charge < -0.3 is 10.7 Å². The van der Waals surface area contributed by atoms with E-state index >= 15 is 0 Å². The Hall–Kier alpha value is -2.73. The number of hydrogen-bond acceptors (Lipinski definition) is 4. The minimum Gasteiger partial charge on any atom is -0.353 e. The normalized spacial score (nSPS) is 19.6. The summed E-state index contributed by atoms with van der Waals surface area (Å²) in [6.07, 6.45) is 5.76. The van der Waals surface area contributed by atoms with Crippen molar-refractivity contribution >= 4 is 16.7 Å². The Kier molecular flexibility index (Phi) is 3.81. The number of hydrogen-bond donors (Lipinski definition) is 2. The number of pyridine rings is 2. The van der Waals surface area contributed by atoms with Crippen LogP contribution in [0.2, 0.25) is 0 Å². The Bertz CT molecular complexity index is 1190. The summed E-state index contributed by atoms with van der Waals surface area (Å²) < 4.78 is 1.86. The molecule has 28 heavy (non-hydrogen) atoms. The smallest absolute Gasteiger partial charge is 0.158 e. The van der Waals surface area contributed by atoms with Crippen molar-refractivity contribution < 1.29 is 0 Å². The molecule has 3 N–H and O–H groups in total. The summed E-state index contributed by atoms with van der Waals surface area (Å²) in [5, 5.41) is 4.36. The Morgan fingerprint density at radius 2 is 1.96 bits per heavy atom. The van der Waals surface area contributed by atoms with Gasteiger partial charge in [0.2, 0.25) is 0 Å². The molecule has 0 bridgehead atoms. The summed E-state index contributed by atoms with van der Waals surface area (Å²) >= 11 is 0. The summed E-state index contributed by atoms with van der Waals surface area (Å²) in [5.41, 5.74) is 16.2. The van der Waals surface area contributed by atoms with E-state index in [1.165, 1.54) is 16.8 Å². The number of aryl methyl sites for hydroxylation is 1. The van der Waals surface area contributed by atoms with E-state index in [9.17, 15) is 0 Å². The molecular formula is C22H26N6. The summed E-state index contributed by atoms with van der Waals surface area (Å²) in [7, 11) is 0. The van der Waals surface area contributed by atoms with Crippen LogP contribution < -0.4 is 5.73 Å². The average Bonchev–Trinajstić information content (AvgIpc) is 3.25. The van der Waals surface area contributed by atoms with Crippen molar-refractivity contribution in [1.82, 2.24) is 24.6 Å². The van der Waals surface area contributed by atoms with Crippen LogP contribution in [0.3, 0.4) is 0 Å². The van der Waals surface area contributed by atoms with Gasteiger partial charge in [0.15, 0.2) is 5.65 Å². The molecule has 4 aromatic rings. The second-order valence-corrected chi connectivity index (χ2v) is 8.45. The van der Waals surface area contributed by atoms with Gasteiger partial charge in [0.05, 0.1) is 16.7 Å². The first kappa shape index (κ1) is 17.4.